The van der Waals surface area contributed by atoms with Crippen LogP contribution in [0.1, 0.15) is 11.4 Å². The molecular weight excluding hydrogens is 337 g/mol. The Kier molecular flexibility index (Phi) is 4.34. The summed E-state index contributed by atoms with van der Waals surface area (Å²) < 4.78 is 29.1. The Hall–Kier alpha value is -1.09. The Morgan fingerprint density at radius 1 is 1.29 bits per heavy atom. The number of nitrogens with zero attached hydrogens (tertiary/aromatic N) is 5. The van der Waals surface area contributed by atoms with Gasteiger partial charge in [0.2, 0.25) is 10.0 Å². The molecule has 0 spiro atoms. The van der Waals surface area contributed by atoms with Crippen LogP contribution >= 0.6 is 23.2 Å². The summed E-state index contributed by atoms with van der Waals surface area (Å²) in [5.74, 6) is 0. The molecule has 10 heteroatoms. The summed E-state index contributed by atoms with van der Waals surface area (Å²) in [6, 6.07) is 0. The van der Waals surface area contributed by atoms with Gasteiger partial charge in [0.25, 0.3) is 0 Å². The van der Waals surface area contributed by atoms with E-state index in [4.69, 9.17) is 23.2 Å². The lowest BCUT2D eigenvalue weighted by Gasteiger charge is -2.15. The molecule has 0 aliphatic carbocycles. The third-order valence-electron chi connectivity index (χ3n) is 3.02. The average Bonchev–Trinajstić information content (AvgIpc) is 2.85. The van der Waals surface area contributed by atoms with E-state index < -0.39 is 10.0 Å². The summed E-state index contributed by atoms with van der Waals surface area (Å²) in [6.07, 6.45) is 1.47. The summed E-state index contributed by atoms with van der Waals surface area (Å²) in [6.45, 7) is 1.67. The van der Waals surface area contributed by atoms with Crippen molar-refractivity contribution in [1.29, 1.82) is 0 Å². The number of rotatable bonds is 4. The standard InChI is InChI=1S/C11H15Cl2N5O2S/c1-7-9(6-16(2)14-7)21(19,20)17(3)5-8-10(12)11(13)18(4)15-8/h6H,5H2,1-4H3. The van der Waals surface area contributed by atoms with Crippen molar-refractivity contribution in [1.82, 2.24) is 23.9 Å². The second-order valence-corrected chi connectivity index (χ2v) is 7.44. The van der Waals surface area contributed by atoms with Crippen LogP contribution in [0.15, 0.2) is 11.1 Å². The van der Waals surface area contributed by atoms with Gasteiger partial charge < -0.3 is 0 Å². The van der Waals surface area contributed by atoms with Crippen molar-refractivity contribution in [2.24, 2.45) is 14.1 Å². The third-order valence-corrected chi connectivity index (χ3v) is 5.85. The van der Waals surface area contributed by atoms with Gasteiger partial charge >= 0.3 is 0 Å². The fraction of sp³-hybridized carbons (Fsp3) is 0.455. The summed E-state index contributed by atoms with van der Waals surface area (Å²) in [5, 5.41) is 8.68. The van der Waals surface area contributed by atoms with Crippen molar-refractivity contribution in [3.8, 4) is 0 Å². The van der Waals surface area contributed by atoms with E-state index in [1.807, 2.05) is 0 Å². The minimum atomic E-state index is -3.67. The highest BCUT2D eigenvalue weighted by Gasteiger charge is 2.27. The van der Waals surface area contributed by atoms with E-state index in [0.717, 1.165) is 0 Å². The number of aromatic nitrogens is 4. The number of halogens is 2. The summed E-state index contributed by atoms with van der Waals surface area (Å²) in [4.78, 5) is 0.158. The predicted molar refractivity (Wildman–Crippen MR) is 79.8 cm³/mol. The van der Waals surface area contributed by atoms with Gasteiger partial charge in [0.05, 0.1) is 17.9 Å². The van der Waals surface area contributed by atoms with Crippen molar-refractivity contribution in [2.75, 3.05) is 7.05 Å². The number of sulfonamides is 1. The molecule has 0 saturated carbocycles. The monoisotopic (exact) mass is 351 g/mol. The molecular formula is C11H15Cl2N5O2S. The van der Waals surface area contributed by atoms with Crippen molar-refractivity contribution in [3.63, 3.8) is 0 Å². The fourth-order valence-corrected chi connectivity index (χ4v) is 3.62. The van der Waals surface area contributed by atoms with Gasteiger partial charge in [0.1, 0.15) is 15.1 Å². The van der Waals surface area contributed by atoms with Gasteiger partial charge in [0.15, 0.2) is 0 Å². The normalized spacial score (nSPS) is 12.3. The molecule has 116 valence electrons. The van der Waals surface area contributed by atoms with Crippen LogP contribution in [0.2, 0.25) is 10.2 Å². The van der Waals surface area contributed by atoms with E-state index in [9.17, 15) is 8.42 Å². The number of hydrogen-bond acceptors (Lipinski definition) is 4. The van der Waals surface area contributed by atoms with Crippen LogP contribution in [0.3, 0.4) is 0 Å². The molecule has 0 N–H and O–H groups in total. The number of hydrogen-bond donors (Lipinski definition) is 0. The van der Waals surface area contributed by atoms with Gasteiger partial charge in [-0.2, -0.15) is 14.5 Å². The minimum Gasteiger partial charge on any atom is -0.274 e. The Balaban J connectivity index is 2.33. The number of aryl methyl sites for hydroxylation is 3. The molecule has 0 fully saturated rings. The lowest BCUT2D eigenvalue weighted by atomic mass is 10.4. The van der Waals surface area contributed by atoms with Crippen LogP contribution in [-0.4, -0.2) is 39.3 Å². The largest absolute Gasteiger partial charge is 0.274 e. The van der Waals surface area contributed by atoms with E-state index in [1.165, 1.54) is 26.9 Å². The first-order chi connectivity index (χ1) is 9.64. The van der Waals surface area contributed by atoms with Gasteiger partial charge in [-0.15, -0.1) is 0 Å². The molecule has 0 bridgehead atoms. The molecule has 2 rings (SSSR count). The summed E-state index contributed by atoms with van der Waals surface area (Å²) in [7, 11) is 1.10. The smallest absolute Gasteiger partial charge is 0.246 e. The molecule has 2 aromatic rings. The lowest BCUT2D eigenvalue weighted by molar-refractivity contribution is 0.459. The van der Waals surface area contributed by atoms with Gasteiger partial charge in [-0.1, -0.05) is 23.2 Å². The first-order valence-electron chi connectivity index (χ1n) is 5.98. The highest BCUT2D eigenvalue weighted by atomic mass is 35.5. The second kappa shape index (κ2) is 5.60. The minimum absolute atomic E-state index is 0.0239. The first kappa shape index (κ1) is 16.3. The molecule has 0 atom stereocenters. The van der Waals surface area contributed by atoms with Gasteiger partial charge in [0, 0.05) is 27.3 Å². The molecule has 21 heavy (non-hydrogen) atoms. The first-order valence-corrected chi connectivity index (χ1v) is 8.17. The summed E-state index contributed by atoms with van der Waals surface area (Å²) >= 11 is 12.0. The molecule has 0 aromatic carbocycles. The molecule has 0 unspecified atom stereocenters. The summed E-state index contributed by atoms with van der Waals surface area (Å²) in [5.41, 5.74) is 0.839. The maximum absolute atomic E-state index is 12.5. The highest BCUT2D eigenvalue weighted by molar-refractivity contribution is 7.89. The quantitative estimate of drug-likeness (QED) is 0.838. The molecule has 0 amide bonds. The van der Waals surface area contributed by atoms with Crippen molar-refractivity contribution in [3.05, 3.63) is 27.8 Å². The molecule has 0 aliphatic heterocycles. The maximum atomic E-state index is 12.5. The Bertz CT molecular complexity index is 781. The molecule has 7 nitrogen and oxygen atoms in total. The van der Waals surface area contributed by atoms with E-state index in [-0.39, 0.29) is 21.6 Å². The van der Waals surface area contributed by atoms with Crippen LogP contribution in [0.25, 0.3) is 0 Å². The van der Waals surface area contributed by atoms with Crippen LogP contribution in [0.4, 0.5) is 0 Å². The van der Waals surface area contributed by atoms with Crippen LogP contribution in [-0.2, 0) is 30.7 Å². The van der Waals surface area contributed by atoms with E-state index in [2.05, 4.69) is 10.2 Å². The topological polar surface area (TPSA) is 73.0 Å². The molecule has 2 heterocycles. The van der Waals surface area contributed by atoms with Crippen molar-refractivity contribution < 1.29 is 8.42 Å². The van der Waals surface area contributed by atoms with Crippen LogP contribution in [0.5, 0.6) is 0 Å². The van der Waals surface area contributed by atoms with Crippen LogP contribution < -0.4 is 0 Å². The van der Waals surface area contributed by atoms with Gasteiger partial charge in [-0.05, 0) is 6.92 Å². The molecule has 0 aliphatic rings. The van der Waals surface area contributed by atoms with Crippen LogP contribution in [0, 0.1) is 6.92 Å². The zero-order valence-corrected chi connectivity index (χ0v) is 14.3. The second-order valence-electron chi connectivity index (χ2n) is 4.69. The average molecular weight is 352 g/mol. The van der Waals surface area contributed by atoms with Crippen molar-refractivity contribution >= 4 is 33.2 Å². The Morgan fingerprint density at radius 2 is 1.90 bits per heavy atom. The zero-order chi connectivity index (χ0) is 15.9. The fourth-order valence-electron chi connectivity index (χ4n) is 1.93. The molecule has 2 aromatic heterocycles. The molecule has 0 radical (unpaired) electrons. The van der Waals surface area contributed by atoms with Crippen molar-refractivity contribution in [2.45, 2.75) is 18.4 Å². The van der Waals surface area contributed by atoms with Gasteiger partial charge in [-0.3, -0.25) is 9.36 Å². The van der Waals surface area contributed by atoms with E-state index in [1.54, 1.807) is 21.0 Å². The predicted octanol–water partition coefficient (Wildman–Crippen LogP) is 1.59. The third kappa shape index (κ3) is 2.94. The lowest BCUT2D eigenvalue weighted by Crippen LogP contribution is -2.27. The highest BCUT2D eigenvalue weighted by Crippen LogP contribution is 2.27. The Labute approximate surface area is 133 Å². The maximum Gasteiger partial charge on any atom is 0.246 e. The zero-order valence-electron chi connectivity index (χ0n) is 12.0. The SMILES string of the molecule is Cc1nn(C)cc1S(=O)(=O)N(C)Cc1nn(C)c(Cl)c1Cl. The van der Waals surface area contributed by atoms with E-state index >= 15 is 0 Å². The van der Waals surface area contributed by atoms with E-state index in [0.29, 0.717) is 11.4 Å². The molecule has 0 saturated heterocycles. The van der Waals surface area contributed by atoms with Gasteiger partial charge in [-0.25, -0.2) is 8.42 Å². The Morgan fingerprint density at radius 3 is 2.33 bits per heavy atom.